The summed E-state index contributed by atoms with van der Waals surface area (Å²) < 4.78 is 0. The molecule has 1 fully saturated rings. The standard InChI is InChI=1S/C15H24N2/c1-3-4-5-14-6-8-15(9-7-14)17-11-10-16-13(2)12-17/h6-9,13,16H,3-5,10-12H2,1-2H3. The Bertz CT molecular complexity index is 331. The van der Waals surface area contributed by atoms with Gasteiger partial charge in [0.1, 0.15) is 0 Å². The summed E-state index contributed by atoms with van der Waals surface area (Å²) in [5, 5.41) is 3.48. The molecule has 2 rings (SSSR count). The molecule has 94 valence electrons. The van der Waals surface area contributed by atoms with Crippen molar-refractivity contribution in [1.82, 2.24) is 5.32 Å². The summed E-state index contributed by atoms with van der Waals surface area (Å²) in [6.45, 7) is 7.84. The fourth-order valence-corrected chi connectivity index (χ4v) is 2.42. The number of unbranched alkanes of at least 4 members (excludes halogenated alkanes) is 1. The lowest BCUT2D eigenvalue weighted by molar-refractivity contribution is 0.485. The van der Waals surface area contributed by atoms with Crippen LogP contribution in [0.3, 0.4) is 0 Å². The summed E-state index contributed by atoms with van der Waals surface area (Å²) in [6, 6.07) is 9.74. The van der Waals surface area contributed by atoms with Crippen molar-refractivity contribution >= 4 is 5.69 Å². The van der Waals surface area contributed by atoms with Crippen LogP contribution in [-0.4, -0.2) is 25.7 Å². The Morgan fingerprint density at radius 3 is 2.71 bits per heavy atom. The van der Waals surface area contributed by atoms with E-state index in [4.69, 9.17) is 0 Å². The molecule has 0 saturated carbocycles. The zero-order chi connectivity index (χ0) is 12.1. The maximum atomic E-state index is 3.48. The monoisotopic (exact) mass is 232 g/mol. The van der Waals surface area contributed by atoms with Crippen LogP contribution in [0.15, 0.2) is 24.3 Å². The van der Waals surface area contributed by atoms with Gasteiger partial charge in [-0.25, -0.2) is 0 Å². The number of hydrogen-bond donors (Lipinski definition) is 1. The third-order valence-electron chi connectivity index (χ3n) is 3.49. The lowest BCUT2D eigenvalue weighted by Gasteiger charge is -2.33. The van der Waals surface area contributed by atoms with E-state index in [1.807, 2.05) is 0 Å². The fourth-order valence-electron chi connectivity index (χ4n) is 2.42. The predicted octanol–water partition coefficient (Wildman–Crippen LogP) is 2.83. The summed E-state index contributed by atoms with van der Waals surface area (Å²) >= 11 is 0. The van der Waals surface area contributed by atoms with Gasteiger partial charge in [0.15, 0.2) is 0 Å². The van der Waals surface area contributed by atoms with Crippen LogP contribution in [0.2, 0.25) is 0 Å². The van der Waals surface area contributed by atoms with E-state index in [1.54, 1.807) is 0 Å². The molecule has 1 aliphatic heterocycles. The Morgan fingerprint density at radius 2 is 2.06 bits per heavy atom. The van der Waals surface area contributed by atoms with E-state index in [2.05, 4.69) is 48.3 Å². The summed E-state index contributed by atoms with van der Waals surface area (Å²) in [7, 11) is 0. The number of anilines is 1. The number of piperazine rings is 1. The molecule has 1 aromatic carbocycles. The highest BCUT2D eigenvalue weighted by Crippen LogP contribution is 2.17. The summed E-state index contributed by atoms with van der Waals surface area (Å²) in [5.74, 6) is 0. The van der Waals surface area contributed by atoms with Crippen molar-refractivity contribution in [3.8, 4) is 0 Å². The summed E-state index contributed by atoms with van der Waals surface area (Å²) in [5.41, 5.74) is 2.84. The van der Waals surface area contributed by atoms with E-state index < -0.39 is 0 Å². The molecule has 0 spiro atoms. The molecular formula is C15H24N2. The Labute approximate surface area is 105 Å². The molecule has 1 aromatic rings. The smallest absolute Gasteiger partial charge is 0.0367 e. The van der Waals surface area contributed by atoms with Crippen molar-refractivity contribution in [3.05, 3.63) is 29.8 Å². The topological polar surface area (TPSA) is 15.3 Å². The molecule has 0 bridgehead atoms. The molecule has 17 heavy (non-hydrogen) atoms. The zero-order valence-electron chi connectivity index (χ0n) is 11.1. The molecule has 1 unspecified atom stereocenters. The zero-order valence-corrected chi connectivity index (χ0v) is 11.1. The van der Waals surface area contributed by atoms with E-state index in [9.17, 15) is 0 Å². The third kappa shape index (κ3) is 3.47. The van der Waals surface area contributed by atoms with Crippen molar-refractivity contribution < 1.29 is 0 Å². The van der Waals surface area contributed by atoms with E-state index in [0.29, 0.717) is 6.04 Å². The van der Waals surface area contributed by atoms with Crippen LogP contribution in [0.5, 0.6) is 0 Å². The number of nitrogens with zero attached hydrogens (tertiary/aromatic N) is 1. The number of aryl methyl sites for hydroxylation is 1. The first-order valence-electron chi connectivity index (χ1n) is 6.87. The second kappa shape index (κ2) is 6.06. The average molecular weight is 232 g/mol. The summed E-state index contributed by atoms with van der Waals surface area (Å²) in [6.07, 6.45) is 3.79. The molecule has 1 atom stereocenters. The second-order valence-electron chi connectivity index (χ2n) is 5.07. The van der Waals surface area contributed by atoms with Crippen LogP contribution in [0, 0.1) is 0 Å². The molecule has 0 aromatic heterocycles. The number of benzene rings is 1. The molecule has 0 radical (unpaired) electrons. The Balaban J connectivity index is 1.96. The van der Waals surface area contributed by atoms with E-state index in [0.717, 1.165) is 19.6 Å². The first-order valence-corrected chi connectivity index (χ1v) is 6.87. The van der Waals surface area contributed by atoms with Crippen LogP contribution in [0.4, 0.5) is 5.69 Å². The Kier molecular flexibility index (Phi) is 4.43. The van der Waals surface area contributed by atoms with Crippen LogP contribution in [0.1, 0.15) is 32.3 Å². The van der Waals surface area contributed by atoms with Gasteiger partial charge in [0.2, 0.25) is 0 Å². The quantitative estimate of drug-likeness (QED) is 0.858. The van der Waals surface area contributed by atoms with Gasteiger partial charge in [-0.1, -0.05) is 25.5 Å². The van der Waals surface area contributed by atoms with Crippen LogP contribution >= 0.6 is 0 Å². The third-order valence-corrected chi connectivity index (χ3v) is 3.49. The molecule has 0 aliphatic carbocycles. The SMILES string of the molecule is CCCCc1ccc(N2CCNC(C)C2)cc1. The van der Waals surface area contributed by atoms with E-state index >= 15 is 0 Å². The van der Waals surface area contributed by atoms with Crippen molar-refractivity contribution in [2.75, 3.05) is 24.5 Å². The van der Waals surface area contributed by atoms with Gasteiger partial charge in [-0.15, -0.1) is 0 Å². The first kappa shape index (κ1) is 12.4. The lowest BCUT2D eigenvalue weighted by Crippen LogP contribution is -2.49. The van der Waals surface area contributed by atoms with Crippen LogP contribution in [-0.2, 0) is 6.42 Å². The number of rotatable bonds is 4. The molecular weight excluding hydrogens is 208 g/mol. The molecule has 1 aliphatic rings. The van der Waals surface area contributed by atoms with E-state index in [-0.39, 0.29) is 0 Å². The maximum absolute atomic E-state index is 3.48. The largest absolute Gasteiger partial charge is 0.369 e. The minimum absolute atomic E-state index is 0.600. The van der Waals surface area contributed by atoms with Gasteiger partial charge in [-0.2, -0.15) is 0 Å². The van der Waals surface area contributed by atoms with Crippen molar-refractivity contribution in [1.29, 1.82) is 0 Å². The predicted molar refractivity (Wildman–Crippen MR) is 74.7 cm³/mol. The highest BCUT2D eigenvalue weighted by molar-refractivity contribution is 5.48. The van der Waals surface area contributed by atoms with Gasteiger partial charge in [0.25, 0.3) is 0 Å². The fraction of sp³-hybridized carbons (Fsp3) is 0.600. The minimum atomic E-state index is 0.600. The molecule has 1 N–H and O–H groups in total. The van der Waals surface area contributed by atoms with Gasteiger partial charge in [-0.3, -0.25) is 0 Å². The molecule has 0 amide bonds. The van der Waals surface area contributed by atoms with Gasteiger partial charge in [0, 0.05) is 31.4 Å². The van der Waals surface area contributed by atoms with Crippen molar-refractivity contribution in [3.63, 3.8) is 0 Å². The van der Waals surface area contributed by atoms with Crippen molar-refractivity contribution in [2.45, 2.75) is 39.2 Å². The maximum Gasteiger partial charge on any atom is 0.0367 e. The van der Waals surface area contributed by atoms with Gasteiger partial charge < -0.3 is 10.2 Å². The average Bonchev–Trinajstić information content (AvgIpc) is 2.37. The van der Waals surface area contributed by atoms with Gasteiger partial charge in [-0.05, 0) is 37.5 Å². The Hall–Kier alpha value is -1.02. The highest BCUT2D eigenvalue weighted by atomic mass is 15.2. The van der Waals surface area contributed by atoms with Crippen LogP contribution in [0.25, 0.3) is 0 Å². The molecule has 1 heterocycles. The second-order valence-corrected chi connectivity index (χ2v) is 5.07. The minimum Gasteiger partial charge on any atom is -0.369 e. The highest BCUT2D eigenvalue weighted by Gasteiger charge is 2.15. The van der Waals surface area contributed by atoms with Gasteiger partial charge >= 0.3 is 0 Å². The molecule has 2 heteroatoms. The lowest BCUT2D eigenvalue weighted by atomic mass is 10.1. The first-order chi connectivity index (χ1) is 8.29. The summed E-state index contributed by atoms with van der Waals surface area (Å²) in [4.78, 5) is 2.48. The van der Waals surface area contributed by atoms with Crippen LogP contribution < -0.4 is 10.2 Å². The molecule has 2 nitrogen and oxygen atoms in total. The molecule has 1 saturated heterocycles. The van der Waals surface area contributed by atoms with E-state index in [1.165, 1.54) is 30.5 Å². The van der Waals surface area contributed by atoms with Crippen molar-refractivity contribution in [2.24, 2.45) is 0 Å². The number of hydrogen-bond acceptors (Lipinski definition) is 2. The normalized spacial score (nSPS) is 20.6. The Morgan fingerprint density at radius 1 is 1.29 bits per heavy atom. The number of nitrogens with one attached hydrogen (secondary N) is 1. The van der Waals surface area contributed by atoms with Gasteiger partial charge in [0.05, 0.1) is 0 Å².